The molecule has 1 amide bonds. The van der Waals surface area contributed by atoms with E-state index in [1.807, 2.05) is 23.6 Å². The van der Waals surface area contributed by atoms with Gasteiger partial charge in [0.25, 0.3) is 11.5 Å². The van der Waals surface area contributed by atoms with Crippen molar-refractivity contribution in [1.82, 2.24) is 9.99 Å². The second kappa shape index (κ2) is 8.19. The second-order valence-electron chi connectivity index (χ2n) is 4.93. The van der Waals surface area contributed by atoms with Gasteiger partial charge in [0.2, 0.25) is 0 Å². The van der Waals surface area contributed by atoms with E-state index in [0.717, 1.165) is 4.88 Å². The van der Waals surface area contributed by atoms with Gasteiger partial charge >= 0.3 is 0 Å². The lowest BCUT2D eigenvalue weighted by atomic mass is 10.1. The van der Waals surface area contributed by atoms with Crippen LogP contribution in [0.5, 0.6) is 0 Å². The largest absolute Gasteiger partial charge is 0.380 e. The molecule has 0 aliphatic heterocycles. The number of nitrogens with zero attached hydrogens (tertiary/aromatic N) is 3. The van der Waals surface area contributed by atoms with Crippen LogP contribution in [-0.4, -0.2) is 23.8 Å². The molecule has 0 aliphatic rings. The van der Waals surface area contributed by atoms with Crippen molar-refractivity contribution in [1.29, 1.82) is 5.26 Å². The highest BCUT2D eigenvalue weighted by Crippen LogP contribution is 2.08. The summed E-state index contributed by atoms with van der Waals surface area (Å²) >= 11 is 1.49. The number of rotatable bonds is 6. The zero-order valence-corrected chi connectivity index (χ0v) is 14.1. The highest BCUT2D eigenvalue weighted by atomic mass is 32.1. The molecular formula is C16H16N4O3S. The summed E-state index contributed by atoms with van der Waals surface area (Å²) < 4.78 is 6.24. The Hall–Kier alpha value is -2.76. The number of aryl methyl sites for hydroxylation is 1. The molecule has 0 fully saturated rings. The minimum atomic E-state index is -0.512. The standard InChI is InChI=1S/C16H16N4O3S/c1-11-6-12(10-23-2)14(7-17)16(22)20(11)9-15(21)19-18-8-13-4-3-5-24-13/h3-6,8H,9-10H2,1-2H3,(H,19,21)/b18-8-. The molecule has 2 aromatic rings. The number of thiophene rings is 1. The average molecular weight is 344 g/mol. The van der Waals surface area contributed by atoms with Crippen LogP contribution >= 0.6 is 11.3 Å². The molecule has 0 saturated heterocycles. The minimum absolute atomic E-state index is 0.0164. The average Bonchev–Trinajstić information content (AvgIpc) is 3.05. The van der Waals surface area contributed by atoms with Crippen LogP contribution in [0.25, 0.3) is 0 Å². The molecule has 0 radical (unpaired) electrons. The van der Waals surface area contributed by atoms with Gasteiger partial charge in [0.05, 0.1) is 12.8 Å². The van der Waals surface area contributed by atoms with Crippen molar-refractivity contribution < 1.29 is 9.53 Å². The first-order valence-corrected chi connectivity index (χ1v) is 7.92. The van der Waals surface area contributed by atoms with E-state index < -0.39 is 11.5 Å². The Labute approximate surface area is 142 Å². The predicted octanol–water partition coefficient (Wildman–Crippen LogP) is 1.39. The number of amides is 1. The summed E-state index contributed by atoms with van der Waals surface area (Å²) in [6.45, 7) is 1.65. The topological polar surface area (TPSA) is 96.5 Å². The number of hydrogen-bond acceptors (Lipinski definition) is 6. The fourth-order valence-corrected chi connectivity index (χ4v) is 2.72. The van der Waals surface area contributed by atoms with Gasteiger partial charge in [0, 0.05) is 23.2 Å². The highest BCUT2D eigenvalue weighted by molar-refractivity contribution is 7.11. The maximum Gasteiger partial charge on any atom is 0.269 e. The summed E-state index contributed by atoms with van der Waals surface area (Å²) in [5.41, 5.74) is 2.92. The van der Waals surface area contributed by atoms with Crippen molar-refractivity contribution in [2.24, 2.45) is 5.10 Å². The van der Waals surface area contributed by atoms with Crippen LogP contribution in [0.2, 0.25) is 0 Å². The lowest BCUT2D eigenvalue weighted by Crippen LogP contribution is -2.33. The number of ether oxygens (including phenoxy) is 1. The van der Waals surface area contributed by atoms with Crippen molar-refractivity contribution in [2.75, 3.05) is 7.11 Å². The molecule has 1 N–H and O–H groups in total. The molecule has 2 heterocycles. The molecule has 7 nitrogen and oxygen atoms in total. The Balaban J connectivity index is 2.16. The van der Waals surface area contributed by atoms with E-state index in [4.69, 9.17) is 4.74 Å². The number of methoxy groups -OCH3 is 1. The number of nitrogens with one attached hydrogen (secondary N) is 1. The minimum Gasteiger partial charge on any atom is -0.380 e. The van der Waals surface area contributed by atoms with Crippen molar-refractivity contribution in [2.45, 2.75) is 20.1 Å². The molecular weight excluding hydrogens is 328 g/mol. The third-order valence-electron chi connectivity index (χ3n) is 3.23. The summed E-state index contributed by atoms with van der Waals surface area (Å²) in [6.07, 6.45) is 1.53. The van der Waals surface area contributed by atoms with Crippen molar-refractivity contribution in [3.8, 4) is 6.07 Å². The first kappa shape index (κ1) is 17.6. The lowest BCUT2D eigenvalue weighted by Gasteiger charge is -2.12. The zero-order valence-electron chi connectivity index (χ0n) is 13.3. The Kier molecular flexibility index (Phi) is 6.01. The maximum atomic E-state index is 12.4. The fourth-order valence-electron chi connectivity index (χ4n) is 2.13. The van der Waals surface area contributed by atoms with Gasteiger partial charge in [-0.25, -0.2) is 5.43 Å². The molecule has 0 bridgehead atoms. The molecule has 124 valence electrons. The Bertz CT molecular complexity index is 847. The van der Waals surface area contributed by atoms with Gasteiger partial charge in [-0.2, -0.15) is 10.4 Å². The van der Waals surface area contributed by atoms with Gasteiger partial charge in [-0.3, -0.25) is 9.59 Å². The van der Waals surface area contributed by atoms with E-state index in [9.17, 15) is 14.9 Å². The summed E-state index contributed by atoms with van der Waals surface area (Å²) in [4.78, 5) is 25.2. The Morgan fingerprint density at radius 1 is 1.58 bits per heavy atom. The molecule has 24 heavy (non-hydrogen) atoms. The summed E-state index contributed by atoms with van der Waals surface area (Å²) in [5.74, 6) is -0.448. The third-order valence-corrected chi connectivity index (χ3v) is 4.03. The molecule has 2 rings (SSSR count). The molecule has 2 aromatic heterocycles. The molecule has 8 heteroatoms. The molecule has 0 aliphatic carbocycles. The Morgan fingerprint density at radius 2 is 2.38 bits per heavy atom. The normalized spacial score (nSPS) is 10.7. The van der Waals surface area contributed by atoms with Crippen LogP contribution < -0.4 is 11.0 Å². The number of nitriles is 1. The van der Waals surface area contributed by atoms with Crippen LogP contribution in [0, 0.1) is 18.3 Å². The van der Waals surface area contributed by atoms with Crippen LogP contribution in [0.1, 0.15) is 21.7 Å². The van der Waals surface area contributed by atoms with Crippen LogP contribution in [-0.2, 0) is 22.7 Å². The SMILES string of the molecule is COCc1cc(C)n(CC(=O)N/N=C\c2cccs2)c(=O)c1C#N. The third kappa shape index (κ3) is 4.16. The van der Waals surface area contributed by atoms with E-state index in [-0.39, 0.29) is 18.7 Å². The van der Waals surface area contributed by atoms with Gasteiger partial charge in [-0.15, -0.1) is 11.3 Å². The molecule has 0 aromatic carbocycles. The zero-order chi connectivity index (χ0) is 17.5. The van der Waals surface area contributed by atoms with Gasteiger partial charge in [0.15, 0.2) is 0 Å². The monoisotopic (exact) mass is 344 g/mol. The van der Waals surface area contributed by atoms with Gasteiger partial charge < -0.3 is 9.30 Å². The first-order valence-electron chi connectivity index (χ1n) is 7.04. The number of hydrazone groups is 1. The van der Waals surface area contributed by atoms with Gasteiger partial charge in [0.1, 0.15) is 18.2 Å². The number of aromatic nitrogens is 1. The molecule has 0 atom stereocenters. The molecule has 0 unspecified atom stereocenters. The van der Waals surface area contributed by atoms with E-state index in [1.165, 1.54) is 29.2 Å². The summed E-state index contributed by atoms with van der Waals surface area (Å²) in [7, 11) is 1.49. The lowest BCUT2D eigenvalue weighted by molar-refractivity contribution is -0.121. The second-order valence-corrected chi connectivity index (χ2v) is 5.91. The molecule has 0 spiro atoms. The van der Waals surface area contributed by atoms with Gasteiger partial charge in [-0.1, -0.05) is 6.07 Å². The number of pyridine rings is 1. The number of hydrogen-bond donors (Lipinski definition) is 1. The summed E-state index contributed by atoms with van der Waals surface area (Å²) in [6, 6.07) is 7.29. The van der Waals surface area contributed by atoms with E-state index in [0.29, 0.717) is 11.3 Å². The quantitative estimate of drug-likeness (QED) is 0.632. The van der Waals surface area contributed by atoms with Crippen molar-refractivity contribution in [3.63, 3.8) is 0 Å². The number of carbonyl (C=O) groups excluding carboxylic acids is 1. The molecule has 0 saturated carbocycles. The summed E-state index contributed by atoms with van der Waals surface area (Å²) in [5, 5.41) is 14.9. The fraction of sp³-hybridized carbons (Fsp3) is 0.250. The predicted molar refractivity (Wildman–Crippen MR) is 90.9 cm³/mol. The number of carbonyl (C=O) groups is 1. The van der Waals surface area contributed by atoms with Gasteiger partial charge in [-0.05, 0) is 24.4 Å². The van der Waals surface area contributed by atoms with Crippen molar-refractivity contribution >= 4 is 23.5 Å². The first-order chi connectivity index (χ1) is 11.6. The van der Waals surface area contributed by atoms with Crippen LogP contribution in [0.3, 0.4) is 0 Å². The smallest absolute Gasteiger partial charge is 0.269 e. The van der Waals surface area contributed by atoms with E-state index in [2.05, 4.69) is 10.5 Å². The highest BCUT2D eigenvalue weighted by Gasteiger charge is 2.14. The van der Waals surface area contributed by atoms with Crippen molar-refractivity contribution in [3.05, 3.63) is 55.6 Å². The van der Waals surface area contributed by atoms with Crippen LogP contribution in [0.4, 0.5) is 0 Å². The van der Waals surface area contributed by atoms with E-state index >= 15 is 0 Å². The maximum absolute atomic E-state index is 12.4. The Morgan fingerprint density at radius 3 is 3.00 bits per heavy atom. The van der Waals surface area contributed by atoms with Crippen LogP contribution in [0.15, 0.2) is 33.5 Å². The van der Waals surface area contributed by atoms with E-state index in [1.54, 1.807) is 13.0 Å².